The number of nitrogens with two attached hydrogens (primary N) is 2. The van der Waals surface area contributed by atoms with Gasteiger partial charge in [-0.15, -0.1) is 0 Å². The van der Waals surface area contributed by atoms with Gasteiger partial charge in [-0.25, -0.2) is 48.8 Å². The summed E-state index contributed by atoms with van der Waals surface area (Å²) in [7, 11) is 0. The number of nitrogens with zero attached hydrogens (tertiary/aromatic N) is 12. The topological polar surface area (TPSA) is 478 Å². The number of halogens is 9. The van der Waals surface area contributed by atoms with Crippen LogP contribution < -0.4 is 49.5 Å². The van der Waals surface area contributed by atoms with E-state index in [4.69, 9.17) is 181 Å². The summed E-state index contributed by atoms with van der Waals surface area (Å²) >= 11 is 52.1. The van der Waals surface area contributed by atoms with Crippen LogP contribution in [0.15, 0.2) is 54.9 Å². The number of rotatable bonds is 18. The predicted octanol–water partition coefficient (Wildman–Crippen LogP) is 14.2. The Morgan fingerprint density at radius 1 is 0.482 bits per heavy atom. The number of fused-ring (bicyclic) bond motifs is 2. The summed E-state index contributed by atoms with van der Waals surface area (Å²) in [6.45, 7) is 40.2. The molecule has 6 unspecified atom stereocenters. The second kappa shape index (κ2) is 66.0. The first kappa shape index (κ1) is 126. The monoisotopic (exact) mass is 2130 g/mol. The average molecular weight is 2140 g/mol. The number of aromatic amines is 1. The Morgan fingerprint density at radius 2 is 0.856 bits per heavy atom. The molecule has 14 heterocycles. The van der Waals surface area contributed by atoms with Gasteiger partial charge in [0.25, 0.3) is 6.47 Å². The number of carbonyl (C=O) groups excluding carboxylic acids is 6. The molecule has 7 aliphatic heterocycles. The van der Waals surface area contributed by atoms with Gasteiger partial charge in [-0.2, -0.15) is 16.6 Å². The number of aldehydes is 1. The fourth-order valence-corrected chi connectivity index (χ4v) is 14.4. The molecule has 0 radical (unpaired) electrons. The number of unbranched alkanes of at least 4 members (excludes halogenated alkanes) is 1. The van der Waals surface area contributed by atoms with Crippen molar-refractivity contribution in [3.63, 3.8) is 0 Å². The molecule has 0 aromatic carbocycles. The van der Waals surface area contributed by atoms with Gasteiger partial charge in [-0.3, -0.25) is 26.4 Å². The third-order valence-electron chi connectivity index (χ3n) is 18.6. The third-order valence-corrected chi connectivity index (χ3v) is 20.4. The zero-order valence-electron chi connectivity index (χ0n) is 81.5. The summed E-state index contributed by atoms with van der Waals surface area (Å²) in [5.74, 6) is 9.88. The number of aromatic nitrogens is 9. The van der Waals surface area contributed by atoms with Crippen LogP contribution in [0, 0.1) is 6.92 Å². The summed E-state index contributed by atoms with van der Waals surface area (Å²) in [5, 5.41) is 23.6. The van der Waals surface area contributed by atoms with E-state index in [1.807, 2.05) is 83.1 Å². The number of amides is 4. The van der Waals surface area contributed by atoms with Crippen molar-refractivity contribution in [2.45, 2.75) is 220 Å². The first-order valence-electron chi connectivity index (χ1n) is 44.6. The molecular weight excluding hydrogens is 2000 g/mol. The number of carbonyl (C=O) groups is 6. The first-order chi connectivity index (χ1) is 65.0. The van der Waals surface area contributed by atoms with Crippen LogP contribution in [0.3, 0.4) is 0 Å². The Kier molecular flexibility index (Phi) is 59.9. The van der Waals surface area contributed by atoms with Gasteiger partial charge >= 0.3 is 43.2 Å². The molecular formula is C90H133Cl9LiN15O24. The van der Waals surface area contributed by atoms with Crippen molar-refractivity contribution in [3.05, 3.63) is 114 Å². The van der Waals surface area contributed by atoms with E-state index in [-0.39, 0.29) is 144 Å². The minimum absolute atomic E-state index is 0. The van der Waals surface area contributed by atoms with E-state index in [0.717, 1.165) is 69.1 Å². The minimum Gasteiger partial charge on any atom is -0.491 e. The molecule has 0 spiro atoms. The standard InChI is InChI=1S/C21H29ClN4O5.C16H20Cl2N2O5.C16H21ClN4O4.C15H20Cl2N2O4.C6H12O2.C5H2Cl3N.C4H8O.C4H9.C3H6O2.Li.H4N2.H2O/c1-21(2,3)31-20(27)25-7-9-28-14(12-25)13-30-16-10-17(22)24-19-15(16)11-23-26(19)18-6-4-5-8-29-18;1-16(2,3)25-15(22)20-4-5-23-10(7-20)9-24-12-6-13(17)19-14(18)11(12)8-21;1-16(2,3)25-15(22)21-4-5-23-10(8-21)9-24-12-6-13(17)19-14-11(12)7-18-20-14;1-15(2,3)23-14(20)19-4-5-21-11(8-19)9-22-10-6-12(16)18-13(17)7-10;7-5-6-3-1-2-4-8-6;6-3-1-4(7)9-5(8)2-3;1-2-4-5-3-1;1-3-4-2;1-2-5-3-4;;1-2;/h10-11,14,18H,4-9,12-13H2,1-3H3;6,8,10H,4-5,7,9H2,1-3H3;6-7,10H,4-5,8-9H2,1-3H3,(H,18,19,20);6-7,11H,4-5,8-9H2,1-3H3;6-7H,1-5H2;1-2H;1-4H2;1,3-4H2,2H3;3H,2H2,1H3;;1-2H2;1H2/q;;;;;;;-1;;+1;;. The predicted molar refractivity (Wildman–Crippen MR) is 526 cm³/mol. The number of morpholine rings is 4. The van der Waals surface area contributed by atoms with Crippen molar-refractivity contribution >= 4 is 164 Å². The fourth-order valence-electron chi connectivity index (χ4n) is 12.4. The maximum atomic E-state index is 12.4. The maximum absolute atomic E-state index is 12.4. The second-order valence-corrected chi connectivity index (χ2v) is 38.1. The van der Waals surface area contributed by atoms with Crippen molar-refractivity contribution in [1.29, 1.82) is 0 Å². The van der Waals surface area contributed by atoms with Gasteiger partial charge in [0.2, 0.25) is 0 Å². The van der Waals surface area contributed by atoms with Crippen molar-refractivity contribution in [2.75, 3.05) is 145 Å². The summed E-state index contributed by atoms with van der Waals surface area (Å²) in [6, 6.07) is 10.9. The van der Waals surface area contributed by atoms with Crippen LogP contribution in [0.1, 0.15) is 178 Å². The Labute approximate surface area is 869 Å². The van der Waals surface area contributed by atoms with Crippen LogP contribution >= 0.6 is 104 Å². The number of H-pyrrole nitrogens is 1. The van der Waals surface area contributed by atoms with Crippen molar-refractivity contribution in [3.8, 4) is 23.0 Å². The Morgan fingerprint density at radius 3 is 1.21 bits per heavy atom. The van der Waals surface area contributed by atoms with Gasteiger partial charge < -0.3 is 113 Å². The third kappa shape index (κ3) is 50.3. The number of hydrogen-bond donors (Lipinski definition) is 4. The smallest absolute Gasteiger partial charge is 0.491 e. The normalized spacial score (nSPS) is 18.4. The largest absolute Gasteiger partial charge is 1.00 e. The molecule has 0 saturated carbocycles. The zero-order chi connectivity index (χ0) is 101. The SMILES string of the molecule is C1CCOC1.CC(C)(C)OC(=O)N1CCOC(COc2cc(Cl)nc(Cl)c2)C1.CC(C)(C)OC(=O)N1CCOC(COc2cc(Cl)nc(Cl)c2C=O)C1.CC(C)(C)OC(=O)N1CCOC(COc2cc(Cl)nc3[nH]ncc23)C1.CC(C)(C)OC(=O)N1CCOC(COc2cc(Cl)nc3c2cnn3C2CCCCO2)C1.CCOC=O.Clc1cc(Cl)nc(Cl)c1.NN.O.OCC1CCCCO1.[CH2-]CCC.[Li+]. The molecule has 14 rings (SSSR count). The number of hydrogen-bond acceptors (Lipinski definition) is 32. The number of hydrazine groups is 1. The first-order valence-corrected chi connectivity index (χ1v) is 48.0. The van der Waals surface area contributed by atoms with Crippen LogP contribution in [0.25, 0.3) is 22.1 Å². The van der Waals surface area contributed by atoms with Crippen LogP contribution in [-0.2, 0) is 61.6 Å². The van der Waals surface area contributed by atoms with Crippen LogP contribution in [-0.4, -0.2) is 310 Å². The number of ether oxygens (including phenoxy) is 16. The van der Waals surface area contributed by atoms with E-state index in [2.05, 4.69) is 70.5 Å². The molecule has 7 fully saturated rings. The van der Waals surface area contributed by atoms with Gasteiger partial charge in [-0.05, 0) is 154 Å². The van der Waals surface area contributed by atoms with E-state index in [1.165, 1.54) is 43.9 Å². The van der Waals surface area contributed by atoms with E-state index < -0.39 is 28.5 Å². The van der Waals surface area contributed by atoms with Crippen molar-refractivity contribution in [2.24, 2.45) is 11.7 Å². The average Bonchev–Trinajstić information content (AvgIpc) is 1.64. The van der Waals surface area contributed by atoms with Crippen LogP contribution in [0.4, 0.5) is 19.2 Å². The molecule has 7 saturated heterocycles. The molecule has 4 amide bonds. The molecule has 139 heavy (non-hydrogen) atoms. The Balaban J connectivity index is 0.000000428. The Bertz CT molecular complexity index is 4680. The molecule has 0 bridgehead atoms. The van der Waals surface area contributed by atoms with Gasteiger partial charge in [0, 0.05) is 88.0 Å². The summed E-state index contributed by atoms with van der Waals surface area (Å²) in [4.78, 5) is 95.5. The number of nitrogens with one attached hydrogen (secondary N) is 1. The van der Waals surface area contributed by atoms with Gasteiger partial charge in [-0.1, -0.05) is 118 Å². The minimum atomic E-state index is -0.565. The second-order valence-electron chi connectivity index (χ2n) is 34.6. The van der Waals surface area contributed by atoms with Crippen LogP contribution in [0.5, 0.6) is 23.0 Å². The summed E-state index contributed by atoms with van der Waals surface area (Å²) in [5.41, 5.74) is -0.843. The molecule has 7 aliphatic rings. The number of aliphatic hydroxyl groups excluding tert-OH is 1. The van der Waals surface area contributed by atoms with Crippen molar-refractivity contribution in [1.82, 2.24) is 64.5 Å². The molecule has 6 atom stereocenters. The maximum Gasteiger partial charge on any atom is 1.00 e. The van der Waals surface area contributed by atoms with Gasteiger partial charge in [0.15, 0.2) is 23.8 Å². The molecule has 7 aromatic heterocycles. The molecule has 7 aromatic rings. The summed E-state index contributed by atoms with van der Waals surface area (Å²) < 4.78 is 89.3. The number of aliphatic hydroxyl groups is 1. The van der Waals surface area contributed by atoms with Gasteiger partial charge in [0.1, 0.15) is 137 Å². The van der Waals surface area contributed by atoms with Crippen molar-refractivity contribution < 1.29 is 134 Å². The zero-order valence-corrected chi connectivity index (χ0v) is 88.3. The van der Waals surface area contributed by atoms with E-state index in [1.54, 1.807) is 67.9 Å². The molecule has 49 heteroatoms. The Hall–Kier alpha value is -7.12. The van der Waals surface area contributed by atoms with Gasteiger partial charge in [0.05, 0.1) is 101 Å². The van der Waals surface area contributed by atoms with E-state index in [9.17, 15) is 28.8 Å². The van der Waals surface area contributed by atoms with E-state index in [0.29, 0.717) is 159 Å². The van der Waals surface area contributed by atoms with E-state index >= 15 is 0 Å². The molecule has 776 valence electrons. The summed E-state index contributed by atoms with van der Waals surface area (Å²) in [6.07, 6.45) is 12.6. The molecule has 0 aliphatic carbocycles. The van der Waals surface area contributed by atoms with Crippen LogP contribution in [0.2, 0.25) is 46.2 Å². The molecule has 39 nitrogen and oxygen atoms in total. The molecule has 8 N–H and O–H groups in total. The fraction of sp³-hybridized carbons (Fsp3) is 0.622. The number of pyridine rings is 5. The quantitative estimate of drug-likeness (QED) is 0.0118.